The molecule has 0 amide bonds. The molecule has 0 fully saturated rings. The summed E-state index contributed by atoms with van der Waals surface area (Å²) in [6, 6.07) is 6.82. The zero-order chi connectivity index (χ0) is 17.2. The number of aliphatic carboxylic acids is 1. The van der Waals surface area contributed by atoms with Crippen LogP contribution in [0.1, 0.15) is 29.9 Å². The van der Waals surface area contributed by atoms with Gasteiger partial charge in [0.05, 0.1) is 11.4 Å². The number of hydrogen-bond acceptors (Lipinski definition) is 4. The number of aryl methyl sites for hydroxylation is 2. The zero-order valence-electron chi connectivity index (χ0n) is 13.1. The van der Waals surface area contributed by atoms with Crippen molar-refractivity contribution < 1.29 is 18.3 Å². The molecule has 0 aliphatic rings. The zero-order valence-corrected chi connectivity index (χ0v) is 14.0. The highest BCUT2D eigenvalue weighted by molar-refractivity contribution is 7.89. The third-order valence-corrected chi connectivity index (χ3v) is 5.21. The van der Waals surface area contributed by atoms with Crippen LogP contribution in [0.5, 0.6) is 0 Å². The summed E-state index contributed by atoms with van der Waals surface area (Å²) >= 11 is 0. The van der Waals surface area contributed by atoms with Gasteiger partial charge in [0.2, 0.25) is 10.0 Å². The van der Waals surface area contributed by atoms with Gasteiger partial charge < -0.3 is 5.11 Å². The van der Waals surface area contributed by atoms with E-state index in [4.69, 9.17) is 0 Å². The fourth-order valence-electron chi connectivity index (χ4n) is 2.50. The lowest BCUT2D eigenvalue weighted by Gasteiger charge is -2.15. The highest BCUT2D eigenvalue weighted by Crippen LogP contribution is 2.22. The van der Waals surface area contributed by atoms with E-state index in [1.165, 1.54) is 0 Å². The Labute approximate surface area is 135 Å². The number of hydrogen-bond donors (Lipinski definition) is 2. The lowest BCUT2D eigenvalue weighted by Crippen LogP contribution is -2.34. The van der Waals surface area contributed by atoms with E-state index >= 15 is 0 Å². The Morgan fingerprint density at radius 1 is 1.30 bits per heavy atom. The van der Waals surface area contributed by atoms with Gasteiger partial charge >= 0.3 is 5.97 Å². The average Bonchev–Trinajstić information content (AvgIpc) is 2.80. The number of rotatable bonds is 6. The molecule has 0 spiro atoms. The maximum atomic E-state index is 12.7. The Morgan fingerprint density at radius 3 is 2.39 bits per heavy atom. The topological polar surface area (TPSA) is 101 Å². The fourth-order valence-corrected chi connectivity index (χ4v) is 4.09. The number of sulfonamides is 1. The van der Waals surface area contributed by atoms with Crippen molar-refractivity contribution in [2.75, 3.05) is 0 Å². The van der Waals surface area contributed by atoms with Crippen molar-refractivity contribution >= 4 is 16.0 Å². The molecule has 0 saturated heterocycles. The summed E-state index contributed by atoms with van der Waals surface area (Å²) in [6.45, 7) is 5.62. The Balaban J connectivity index is 2.44. The monoisotopic (exact) mass is 337 g/mol. The molecule has 7 nitrogen and oxygen atoms in total. The van der Waals surface area contributed by atoms with Crippen LogP contribution < -0.4 is 4.72 Å². The summed E-state index contributed by atoms with van der Waals surface area (Å²) in [7, 11) is -4.02. The number of benzene rings is 1. The molecule has 2 rings (SSSR count). The van der Waals surface area contributed by atoms with E-state index < -0.39 is 22.0 Å². The lowest BCUT2D eigenvalue weighted by atomic mass is 10.1. The number of nitrogens with zero attached hydrogens (tertiary/aromatic N) is 2. The SMILES string of the molecule is CCn1nc(C)c(S(=O)(=O)N[C@@H](C(=O)O)c2ccccc2)c1C. The molecular weight excluding hydrogens is 318 g/mol. The smallest absolute Gasteiger partial charge is 0.326 e. The van der Waals surface area contributed by atoms with Crippen molar-refractivity contribution in [3.8, 4) is 0 Å². The van der Waals surface area contributed by atoms with Gasteiger partial charge in [0, 0.05) is 6.54 Å². The minimum absolute atomic E-state index is 0.0292. The van der Waals surface area contributed by atoms with Crippen LogP contribution in [-0.2, 0) is 21.4 Å². The van der Waals surface area contributed by atoms with Gasteiger partial charge in [-0.1, -0.05) is 30.3 Å². The number of nitrogens with one attached hydrogen (secondary N) is 1. The molecule has 0 saturated carbocycles. The second kappa shape index (κ2) is 6.51. The van der Waals surface area contributed by atoms with Crippen LogP contribution in [0.2, 0.25) is 0 Å². The fraction of sp³-hybridized carbons (Fsp3) is 0.333. The molecule has 1 atom stereocenters. The van der Waals surface area contributed by atoms with Crippen LogP contribution in [0.25, 0.3) is 0 Å². The summed E-state index contributed by atoms with van der Waals surface area (Å²) in [4.78, 5) is 11.5. The van der Waals surface area contributed by atoms with Crippen molar-refractivity contribution in [3.05, 3.63) is 47.3 Å². The minimum Gasteiger partial charge on any atom is -0.480 e. The van der Waals surface area contributed by atoms with Gasteiger partial charge in [0.1, 0.15) is 10.9 Å². The second-order valence-electron chi connectivity index (χ2n) is 5.12. The first-order chi connectivity index (χ1) is 10.8. The third kappa shape index (κ3) is 3.43. The summed E-state index contributed by atoms with van der Waals surface area (Å²) in [6.07, 6.45) is 0. The molecule has 2 N–H and O–H groups in total. The van der Waals surface area contributed by atoms with Crippen LogP contribution >= 0.6 is 0 Å². The standard InChI is InChI=1S/C15H19N3O4S/c1-4-18-11(3)14(10(2)16-18)23(21,22)17-13(15(19)20)12-8-6-5-7-9-12/h5-9,13,17H,4H2,1-3H3,(H,19,20)/t13-/m1/s1. The minimum atomic E-state index is -4.02. The number of aromatic nitrogens is 2. The molecule has 23 heavy (non-hydrogen) atoms. The lowest BCUT2D eigenvalue weighted by molar-refractivity contribution is -0.139. The quantitative estimate of drug-likeness (QED) is 0.834. The van der Waals surface area contributed by atoms with E-state index in [9.17, 15) is 18.3 Å². The van der Waals surface area contributed by atoms with Crippen LogP contribution in [0.3, 0.4) is 0 Å². The van der Waals surface area contributed by atoms with Gasteiger partial charge in [-0.25, -0.2) is 8.42 Å². The summed E-state index contributed by atoms with van der Waals surface area (Å²) in [5.41, 5.74) is 1.19. The maximum Gasteiger partial charge on any atom is 0.326 e. The van der Waals surface area contributed by atoms with Crippen molar-refractivity contribution in [2.45, 2.75) is 38.3 Å². The number of carboxylic acid groups (broad SMARTS) is 1. The first-order valence-electron chi connectivity index (χ1n) is 7.12. The molecule has 0 radical (unpaired) electrons. The molecule has 1 aromatic heterocycles. The van der Waals surface area contributed by atoms with Crippen LogP contribution in [-0.4, -0.2) is 29.3 Å². The number of carboxylic acids is 1. The Hall–Kier alpha value is -2.19. The molecule has 1 aromatic carbocycles. The average molecular weight is 337 g/mol. The molecule has 0 aliphatic carbocycles. The summed E-state index contributed by atoms with van der Waals surface area (Å²) in [5.74, 6) is -1.27. The molecule has 0 aliphatic heterocycles. The Kier molecular flexibility index (Phi) is 4.86. The maximum absolute atomic E-state index is 12.7. The summed E-state index contributed by atoms with van der Waals surface area (Å²) in [5, 5.41) is 13.5. The van der Waals surface area contributed by atoms with E-state index in [1.807, 2.05) is 6.92 Å². The largest absolute Gasteiger partial charge is 0.480 e. The van der Waals surface area contributed by atoms with E-state index in [0.29, 0.717) is 23.5 Å². The van der Waals surface area contributed by atoms with Crippen molar-refractivity contribution in [1.82, 2.24) is 14.5 Å². The number of carbonyl (C=O) groups is 1. The van der Waals surface area contributed by atoms with Gasteiger partial charge in [0.25, 0.3) is 0 Å². The molecule has 8 heteroatoms. The van der Waals surface area contributed by atoms with Gasteiger partial charge in [-0.3, -0.25) is 9.48 Å². The second-order valence-corrected chi connectivity index (χ2v) is 6.77. The highest BCUT2D eigenvalue weighted by atomic mass is 32.2. The van der Waals surface area contributed by atoms with E-state index in [0.717, 1.165) is 0 Å². The van der Waals surface area contributed by atoms with Gasteiger partial charge in [-0.2, -0.15) is 9.82 Å². The Bertz CT molecular complexity index is 813. The highest BCUT2D eigenvalue weighted by Gasteiger charge is 2.30. The van der Waals surface area contributed by atoms with Gasteiger partial charge in [-0.15, -0.1) is 0 Å². The molecular formula is C15H19N3O4S. The first-order valence-corrected chi connectivity index (χ1v) is 8.60. The van der Waals surface area contributed by atoms with Gasteiger partial charge in [-0.05, 0) is 26.3 Å². The van der Waals surface area contributed by atoms with Crippen molar-refractivity contribution in [1.29, 1.82) is 0 Å². The Morgan fingerprint density at radius 2 is 1.91 bits per heavy atom. The van der Waals surface area contributed by atoms with Crippen molar-refractivity contribution in [2.24, 2.45) is 0 Å². The van der Waals surface area contributed by atoms with E-state index in [-0.39, 0.29) is 4.90 Å². The summed E-state index contributed by atoms with van der Waals surface area (Å²) < 4.78 is 29.2. The molecule has 0 unspecified atom stereocenters. The van der Waals surface area contributed by atoms with Gasteiger partial charge in [0.15, 0.2) is 0 Å². The normalized spacial score (nSPS) is 13.0. The van der Waals surface area contributed by atoms with E-state index in [2.05, 4.69) is 9.82 Å². The van der Waals surface area contributed by atoms with Crippen LogP contribution in [0, 0.1) is 13.8 Å². The molecule has 124 valence electrons. The van der Waals surface area contributed by atoms with Crippen LogP contribution in [0.4, 0.5) is 0 Å². The van der Waals surface area contributed by atoms with Crippen molar-refractivity contribution in [3.63, 3.8) is 0 Å². The first kappa shape index (κ1) is 17.2. The third-order valence-electron chi connectivity index (χ3n) is 3.54. The molecule has 0 bridgehead atoms. The predicted molar refractivity (Wildman–Crippen MR) is 84.5 cm³/mol. The molecule has 2 aromatic rings. The van der Waals surface area contributed by atoms with Crippen LogP contribution in [0.15, 0.2) is 35.2 Å². The molecule has 1 heterocycles. The van der Waals surface area contributed by atoms with E-state index in [1.54, 1.807) is 48.9 Å². The predicted octanol–water partition coefficient (Wildman–Crippen LogP) is 1.62.